The minimum Gasteiger partial charge on any atom is -0.368 e. The van der Waals surface area contributed by atoms with Crippen molar-refractivity contribution in [1.29, 1.82) is 0 Å². The smallest absolute Gasteiger partial charge is 0.159 e. The number of hydrazine groups is 1. The summed E-state index contributed by atoms with van der Waals surface area (Å²) >= 11 is 3.42. The average Bonchev–Trinajstić information content (AvgIpc) is 2.47. The Morgan fingerprint density at radius 1 is 1.21 bits per heavy atom. The number of benzene rings is 1. The first kappa shape index (κ1) is 13.8. The van der Waals surface area contributed by atoms with Crippen LogP contribution in [0.5, 0.6) is 0 Å². The third-order valence-corrected chi connectivity index (χ3v) is 3.62. The second-order valence-corrected chi connectivity index (χ2v) is 5.01. The van der Waals surface area contributed by atoms with Crippen molar-refractivity contribution in [3.8, 4) is 0 Å². The molecule has 0 aliphatic carbocycles. The molecule has 0 radical (unpaired) electrons. The zero-order chi connectivity index (χ0) is 13.7. The first-order chi connectivity index (χ1) is 9.22. The van der Waals surface area contributed by atoms with Crippen LogP contribution in [0.4, 0.5) is 11.6 Å². The second kappa shape index (κ2) is 6.49. The van der Waals surface area contributed by atoms with Gasteiger partial charge in [-0.25, -0.2) is 15.8 Å². The topological polar surface area (TPSA) is 75.9 Å². The van der Waals surface area contributed by atoms with Crippen molar-refractivity contribution in [1.82, 2.24) is 9.97 Å². The van der Waals surface area contributed by atoms with Crippen molar-refractivity contribution in [2.24, 2.45) is 5.84 Å². The van der Waals surface area contributed by atoms with Crippen molar-refractivity contribution in [2.45, 2.75) is 12.8 Å². The van der Waals surface area contributed by atoms with Gasteiger partial charge in [-0.3, -0.25) is 0 Å². The third kappa shape index (κ3) is 3.42. The number of halogens is 1. The van der Waals surface area contributed by atoms with Crippen LogP contribution in [0.15, 0.2) is 41.1 Å². The molecule has 5 nitrogen and oxygen atoms in total. The Kier molecular flexibility index (Phi) is 4.70. The maximum Gasteiger partial charge on any atom is 0.159 e. The van der Waals surface area contributed by atoms with Crippen molar-refractivity contribution < 1.29 is 0 Å². The number of nitrogens with one attached hydrogen (secondary N) is 2. The van der Waals surface area contributed by atoms with Crippen molar-refractivity contribution in [2.75, 3.05) is 17.3 Å². The highest BCUT2D eigenvalue weighted by atomic mass is 79.9. The Bertz CT molecular complexity index is 532. The van der Waals surface area contributed by atoms with Crippen LogP contribution in [-0.4, -0.2) is 16.5 Å². The molecule has 0 aliphatic rings. The lowest BCUT2D eigenvalue weighted by molar-refractivity contribution is 0.800. The van der Waals surface area contributed by atoms with Crippen molar-refractivity contribution >= 4 is 27.6 Å². The molecule has 1 aromatic heterocycles. The molecule has 1 aromatic carbocycles. The van der Waals surface area contributed by atoms with Crippen LogP contribution in [0.3, 0.4) is 0 Å². The van der Waals surface area contributed by atoms with E-state index in [1.807, 2.05) is 18.2 Å². The number of nitrogen functional groups attached to an aromatic ring is 1. The summed E-state index contributed by atoms with van der Waals surface area (Å²) in [5, 5.41) is 3.29. The minimum absolute atomic E-state index is 0.386. The van der Waals surface area contributed by atoms with Gasteiger partial charge in [-0.05, 0) is 27.4 Å². The van der Waals surface area contributed by atoms with Gasteiger partial charge in [-0.1, -0.05) is 37.3 Å². The lowest BCUT2D eigenvalue weighted by Gasteiger charge is -2.15. The first-order valence-electron chi connectivity index (χ1n) is 5.98. The first-order valence-corrected chi connectivity index (χ1v) is 6.77. The molecule has 1 heterocycles. The van der Waals surface area contributed by atoms with E-state index in [1.54, 1.807) is 0 Å². The van der Waals surface area contributed by atoms with Crippen LogP contribution in [0.2, 0.25) is 0 Å². The summed E-state index contributed by atoms with van der Waals surface area (Å²) in [5.74, 6) is 7.04. The average molecular weight is 322 g/mol. The Hall–Kier alpha value is -1.66. The summed E-state index contributed by atoms with van der Waals surface area (Å²) in [7, 11) is 0. The van der Waals surface area contributed by atoms with Crippen LogP contribution in [-0.2, 0) is 0 Å². The molecule has 19 heavy (non-hydrogen) atoms. The third-order valence-electron chi connectivity index (χ3n) is 2.87. The number of anilines is 2. The SMILES string of the molecule is CC(CNc1ncnc(NN)c1Br)c1ccccc1. The quantitative estimate of drug-likeness (QED) is 0.583. The normalized spacial score (nSPS) is 11.9. The van der Waals surface area contributed by atoms with Gasteiger partial charge in [0, 0.05) is 6.54 Å². The van der Waals surface area contributed by atoms with Crippen LogP contribution >= 0.6 is 15.9 Å². The number of nitrogens with two attached hydrogens (primary N) is 1. The number of hydrogen-bond acceptors (Lipinski definition) is 5. The van der Waals surface area contributed by atoms with E-state index in [1.165, 1.54) is 11.9 Å². The molecule has 0 bridgehead atoms. The molecule has 1 unspecified atom stereocenters. The molecule has 2 rings (SSSR count). The van der Waals surface area contributed by atoms with Gasteiger partial charge in [0.1, 0.15) is 16.6 Å². The lowest BCUT2D eigenvalue weighted by atomic mass is 10.0. The fourth-order valence-corrected chi connectivity index (χ4v) is 2.20. The van der Waals surface area contributed by atoms with Gasteiger partial charge in [0.2, 0.25) is 0 Å². The summed E-state index contributed by atoms with van der Waals surface area (Å²) in [4.78, 5) is 8.20. The molecule has 4 N–H and O–H groups in total. The Labute approximate surface area is 120 Å². The molecule has 0 saturated heterocycles. The molecule has 0 spiro atoms. The number of aromatic nitrogens is 2. The number of hydrogen-bond donors (Lipinski definition) is 3. The fourth-order valence-electron chi connectivity index (χ4n) is 1.74. The van der Waals surface area contributed by atoms with E-state index in [9.17, 15) is 0 Å². The zero-order valence-corrected chi connectivity index (χ0v) is 12.2. The maximum absolute atomic E-state index is 5.37. The molecule has 100 valence electrons. The fraction of sp³-hybridized carbons (Fsp3) is 0.231. The highest BCUT2D eigenvalue weighted by Gasteiger charge is 2.09. The molecule has 0 aliphatic heterocycles. The van der Waals surface area contributed by atoms with Crippen LogP contribution in [0, 0.1) is 0 Å². The second-order valence-electron chi connectivity index (χ2n) is 4.22. The summed E-state index contributed by atoms with van der Waals surface area (Å²) in [5.41, 5.74) is 3.81. The van der Waals surface area contributed by atoms with Gasteiger partial charge in [-0.2, -0.15) is 0 Å². The van der Waals surface area contributed by atoms with Gasteiger partial charge < -0.3 is 10.7 Å². The van der Waals surface area contributed by atoms with E-state index < -0.39 is 0 Å². The standard InChI is InChI=1S/C13H16BrN5/c1-9(10-5-3-2-4-6-10)7-16-12-11(14)13(19-15)18-8-17-12/h2-6,8-9H,7,15H2,1H3,(H2,16,17,18,19). The molecular formula is C13H16BrN5. The largest absolute Gasteiger partial charge is 0.368 e. The van der Waals surface area contributed by atoms with E-state index in [2.05, 4.69) is 55.7 Å². The lowest BCUT2D eigenvalue weighted by Crippen LogP contribution is -2.14. The Balaban J connectivity index is 2.03. The zero-order valence-electron chi connectivity index (χ0n) is 10.6. The summed E-state index contributed by atoms with van der Waals surface area (Å²) < 4.78 is 0.734. The summed E-state index contributed by atoms with van der Waals surface area (Å²) in [6, 6.07) is 10.3. The van der Waals surface area contributed by atoms with E-state index in [4.69, 9.17) is 5.84 Å². The highest BCUT2D eigenvalue weighted by Crippen LogP contribution is 2.26. The predicted octanol–water partition coefficient (Wildman–Crippen LogP) is 2.74. The van der Waals surface area contributed by atoms with Gasteiger partial charge in [-0.15, -0.1) is 0 Å². The van der Waals surface area contributed by atoms with Crippen molar-refractivity contribution in [3.63, 3.8) is 0 Å². The van der Waals surface area contributed by atoms with Gasteiger partial charge in [0.15, 0.2) is 5.82 Å². The van der Waals surface area contributed by atoms with E-state index in [-0.39, 0.29) is 0 Å². The van der Waals surface area contributed by atoms with Crippen molar-refractivity contribution in [3.05, 3.63) is 46.7 Å². The Morgan fingerprint density at radius 3 is 2.58 bits per heavy atom. The van der Waals surface area contributed by atoms with Gasteiger partial charge in [0.25, 0.3) is 0 Å². The molecule has 0 fully saturated rings. The van der Waals surface area contributed by atoms with Crippen LogP contribution in [0.1, 0.15) is 18.4 Å². The molecular weight excluding hydrogens is 306 g/mol. The number of rotatable bonds is 5. The van der Waals surface area contributed by atoms with Gasteiger partial charge in [0.05, 0.1) is 0 Å². The van der Waals surface area contributed by atoms with Gasteiger partial charge >= 0.3 is 0 Å². The molecule has 1 atom stereocenters. The van der Waals surface area contributed by atoms with E-state index >= 15 is 0 Å². The molecule has 0 saturated carbocycles. The summed E-state index contributed by atoms with van der Waals surface area (Å²) in [6.07, 6.45) is 1.47. The monoisotopic (exact) mass is 321 g/mol. The highest BCUT2D eigenvalue weighted by molar-refractivity contribution is 9.10. The summed E-state index contributed by atoms with van der Waals surface area (Å²) in [6.45, 7) is 2.95. The number of nitrogens with zero attached hydrogens (tertiary/aromatic N) is 2. The van der Waals surface area contributed by atoms with E-state index in [0.29, 0.717) is 11.7 Å². The maximum atomic E-state index is 5.37. The molecule has 0 amide bonds. The van der Waals surface area contributed by atoms with Crippen LogP contribution < -0.4 is 16.6 Å². The molecule has 6 heteroatoms. The molecule has 2 aromatic rings. The van der Waals surface area contributed by atoms with Crippen LogP contribution in [0.25, 0.3) is 0 Å². The Morgan fingerprint density at radius 2 is 1.89 bits per heavy atom. The predicted molar refractivity (Wildman–Crippen MR) is 80.9 cm³/mol. The minimum atomic E-state index is 0.386. The van der Waals surface area contributed by atoms with E-state index in [0.717, 1.165) is 16.8 Å².